The summed E-state index contributed by atoms with van der Waals surface area (Å²) in [6.45, 7) is 6.84. The molecule has 1 aliphatic rings. The molecule has 0 bridgehead atoms. The molecule has 0 saturated carbocycles. The molecule has 1 unspecified atom stereocenters. The third-order valence-corrected chi connectivity index (χ3v) is 5.12. The van der Waals surface area contributed by atoms with Crippen molar-refractivity contribution < 1.29 is 19.1 Å². The molecule has 154 valence electrons. The fourth-order valence-corrected chi connectivity index (χ4v) is 3.01. The first-order chi connectivity index (χ1) is 13.8. The molecule has 2 aromatic carbocycles. The van der Waals surface area contributed by atoms with Crippen molar-refractivity contribution in [3.05, 3.63) is 47.5 Å². The Morgan fingerprint density at radius 1 is 1.07 bits per heavy atom. The molecule has 2 aromatic rings. The first-order valence-electron chi connectivity index (χ1n) is 9.62. The van der Waals surface area contributed by atoms with Crippen LogP contribution in [-0.2, 0) is 9.59 Å². The van der Waals surface area contributed by atoms with E-state index in [-0.39, 0.29) is 18.4 Å². The number of ether oxygens (including phenoxy) is 2. The van der Waals surface area contributed by atoms with Crippen LogP contribution in [0.1, 0.15) is 18.1 Å². The maximum Gasteiger partial charge on any atom is 0.241 e. The van der Waals surface area contributed by atoms with Crippen LogP contribution in [0.25, 0.3) is 0 Å². The van der Waals surface area contributed by atoms with Gasteiger partial charge in [-0.1, -0.05) is 12.1 Å². The first kappa shape index (κ1) is 20.7. The normalized spacial score (nSPS) is 13.7. The van der Waals surface area contributed by atoms with Gasteiger partial charge in [-0.05, 0) is 57.1 Å². The number of carbonyl (C=O) groups excluding carboxylic acids is 2. The highest BCUT2D eigenvalue weighted by atomic mass is 16.6. The minimum atomic E-state index is -0.493. The van der Waals surface area contributed by atoms with Crippen LogP contribution in [0.2, 0.25) is 0 Å². The Hall–Kier alpha value is -3.06. The zero-order valence-electron chi connectivity index (χ0n) is 17.2. The number of rotatable bonds is 6. The molecule has 29 heavy (non-hydrogen) atoms. The van der Waals surface area contributed by atoms with Crippen molar-refractivity contribution in [2.24, 2.45) is 0 Å². The number of hydrogen-bond acceptors (Lipinski definition) is 5. The summed E-state index contributed by atoms with van der Waals surface area (Å²) >= 11 is 0. The first-order valence-corrected chi connectivity index (χ1v) is 9.62. The summed E-state index contributed by atoms with van der Waals surface area (Å²) in [5, 5.41) is 5.78. The molecule has 7 nitrogen and oxygen atoms in total. The summed E-state index contributed by atoms with van der Waals surface area (Å²) in [5.41, 5.74) is 3.56. The highest BCUT2D eigenvalue weighted by Crippen LogP contribution is 2.32. The largest absolute Gasteiger partial charge is 0.486 e. The minimum Gasteiger partial charge on any atom is -0.486 e. The third-order valence-electron chi connectivity index (χ3n) is 5.12. The predicted octanol–water partition coefficient (Wildman–Crippen LogP) is 2.97. The Morgan fingerprint density at radius 2 is 1.79 bits per heavy atom. The van der Waals surface area contributed by atoms with Crippen molar-refractivity contribution in [1.82, 2.24) is 4.90 Å². The Labute approximate surface area is 171 Å². The predicted molar refractivity (Wildman–Crippen MR) is 113 cm³/mol. The van der Waals surface area contributed by atoms with Crippen LogP contribution in [0.5, 0.6) is 11.5 Å². The smallest absolute Gasteiger partial charge is 0.241 e. The van der Waals surface area contributed by atoms with Crippen LogP contribution in [0.4, 0.5) is 11.4 Å². The molecule has 0 spiro atoms. The molecule has 0 saturated heterocycles. The maximum absolute atomic E-state index is 12.6. The summed E-state index contributed by atoms with van der Waals surface area (Å²) < 4.78 is 11.0. The van der Waals surface area contributed by atoms with E-state index in [1.165, 1.54) is 0 Å². The molecule has 0 aliphatic carbocycles. The number of fused-ring (bicyclic) bond motifs is 1. The average molecular weight is 397 g/mol. The van der Waals surface area contributed by atoms with E-state index in [4.69, 9.17) is 9.47 Å². The fourth-order valence-electron chi connectivity index (χ4n) is 3.01. The van der Waals surface area contributed by atoms with Crippen LogP contribution in [-0.4, -0.2) is 49.6 Å². The van der Waals surface area contributed by atoms with Gasteiger partial charge in [0.05, 0.1) is 12.6 Å². The fraction of sp³-hybridized carbons (Fsp3) is 0.364. The Balaban J connectivity index is 1.56. The van der Waals surface area contributed by atoms with Crippen LogP contribution < -0.4 is 20.1 Å². The van der Waals surface area contributed by atoms with Gasteiger partial charge >= 0.3 is 0 Å². The molecule has 1 atom stereocenters. The van der Waals surface area contributed by atoms with E-state index in [0.717, 1.165) is 16.8 Å². The zero-order valence-corrected chi connectivity index (χ0v) is 17.2. The summed E-state index contributed by atoms with van der Waals surface area (Å²) in [7, 11) is 1.75. The number of likely N-dealkylation sites (N-methyl/N-ethyl adjacent to an activating group) is 1. The lowest BCUT2D eigenvalue weighted by Gasteiger charge is -2.24. The monoisotopic (exact) mass is 397 g/mol. The number of amides is 2. The van der Waals surface area contributed by atoms with Gasteiger partial charge in [-0.3, -0.25) is 14.5 Å². The van der Waals surface area contributed by atoms with E-state index in [9.17, 15) is 9.59 Å². The van der Waals surface area contributed by atoms with Gasteiger partial charge in [0.2, 0.25) is 11.8 Å². The van der Waals surface area contributed by atoms with Gasteiger partial charge in [-0.25, -0.2) is 0 Å². The zero-order chi connectivity index (χ0) is 21.0. The van der Waals surface area contributed by atoms with Crippen LogP contribution in [0.3, 0.4) is 0 Å². The second-order valence-corrected chi connectivity index (χ2v) is 7.23. The lowest BCUT2D eigenvalue weighted by atomic mass is 10.1. The Kier molecular flexibility index (Phi) is 6.39. The number of nitrogens with one attached hydrogen (secondary N) is 2. The molecule has 2 amide bonds. The molecule has 0 radical (unpaired) electrons. The molecular weight excluding hydrogens is 370 g/mol. The van der Waals surface area contributed by atoms with E-state index in [1.54, 1.807) is 37.1 Å². The second kappa shape index (κ2) is 8.96. The number of aryl methyl sites for hydroxylation is 1. The molecule has 7 heteroatoms. The number of anilines is 2. The number of nitrogens with zero attached hydrogens (tertiary/aromatic N) is 1. The van der Waals surface area contributed by atoms with Crippen LogP contribution in [0, 0.1) is 13.8 Å². The average Bonchev–Trinajstić information content (AvgIpc) is 2.70. The minimum absolute atomic E-state index is 0.100. The summed E-state index contributed by atoms with van der Waals surface area (Å²) in [4.78, 5) is 26.7. The molecule has 3 rings (SSSR count). The van der Waals surface area contributed by atoms with Crippen molar-refractivity contribution in [1.29, 1.82) is 0 Å². The maximum atomic E-state index is 12.6. The van der Waals surface area contributed by atoms with Gasteiger partial charge in [0.1, 0.15) is 13.2 Å². The molecular formula is C22H27N3O4. The van der Waals surface area contributed by atoms with Gasteiger partial charge in [0.15, 0.2) is 11.5 Å². The summed E-state index contributed by atoms with van der Waals surface area (Å²) in [5.74, 6) is 0.911. The SMILES string of the molecule is Cc1cccc(NC(=O)CN(C)C(C)C(=O)Nc2ccc3c(c2)OCCO3)c1C. The summed E-state index contributed by atoms with van der Waals surface area (Å²) in [6, 6.07) is 10.6. The Bertz CT molecular complexity index is 913. The van der Waals surface area contributed by atoms with Crippen molar-refractivity contribution in [3.63, 3.8) is 0 Å². The highest BCUT2D eigenvalue weighted by Gasteiger charge is 2.21. The van der Waals surface area contributed by atoms with Gasteiger partial charge in [-0.2, -0.15) is 0 Å². The molecule has 0 fully saturated rings. The van der Waals surface area contributed by atoms with E-state index < -0.39 is 6.04 Å². The molecule has 1 aliphatic heterocycles. The topological polar surface area (TPSA) is 79.9 Å². The van der Waals surface area contributed by atoms with Crippen LogP contribution >= 0.6 is 0 Å². The van der Waals surface area contributed by atoms with Gasteiger partial charge in [0, 0.05) is 17.4 Å². The van der Waals surface area contributed by atoms with Gasteiger partial charge in [-0.15, -0.1) is 0 Å². The van der Waals surface area contributed by atoms with Gasteiger partial charge < -0.3 is 20.1 Å². The van der Waals surface area contributed by atoms with E-state index in [1.807, 2.05) is 32.0 Å². The Morgan fingerprint density at radius 3 is 2.55 bits per heavy atom. The third kappa shape index (κ3) is 5.06. The molecule has 0 aromatic heterocycles. The van der Waals surface area contributed by atoms with Crippen molar-refractivity contribution >= 4 is 23.2 Å². The molecule has 2 N–H and O–H groups in total. The van der Waals surface area contributed by atoms with Crippen molar-refractivity contribution in [2.45, 2.75) is 26.8 Å². The lowest BCUT2D eigenvalue weighted by molar-refractivity contribution is -0.122. The number of hydrogen-bond donors (Lipinski definition) is 2. The van der Waals surface area contributed by atoms with E-state index in [0.29, 0.717) is 30.4 Å². The lowest BCUT2D eigenvalue weighted by Crippen LogP contribution is -2.43. The van der Waals surface area contributed by atoms with E-state index >= 15 is 0 Å². The number of benzene rings is 2. The van der Waals surface area contributed by atoms with Crippen LogP contribution in [0.15, 0.2) is 36.4 Å². The van der Waals surface area contributed by atoms with Crippen molar-refractivity contribution in [2.75, 3.05) is 37.4 Å². The summed E-state index contributed by atoms with van der Waals surface area (Å²) in [6.07, 6.45) is 0. The van der Waals surface area contributed by atoms with Crippen molar-refractivity contribution in [3.8, 4) is 11.5 Å². The highest BCUT2D eigenvalue weighted by molar-refractivity contribution is 5.96. The quantitative estimate of drug-likeness (QED) is 0.783. The number of carbonyl (C=O) groups is 2. The molecule has 1 heterocycles. The second-order valence-electron chi connectivity index (χ2n) is 7.23. The standard InChI is InChI=1S/C22H27N3O4/c1-14-6-5-7-18(15(14)2)24-21(26)13-25(4)16(3)22(27)23-17-8-9-19-20(12-17)29-11-10-28-19/h5-9,12,16H,10-11,13H2,1-4H3,(H,23,27)(H,24,26). The van der Waals surface area contributed by atoms with E-state index in [2.05, 4.69) is 10.6 Å². The van der Waals surface area contributed by atoms with Gasteiger partial charge in [0.25, 0.3) is 0 Å².